The van der Waals surface area contributed by atoms with E-state index in [0.29, 0.717) is 18.0 Å². The van der Waals surface area contributed by atoms with Gasteiger partial charge in [-0.05, 0) is 48.2 Å². The largest absolute Gasteiger partial charge is 0.396 e. The van der Waals surface area contributed by atoms with Gasteiger partial charge in [0.2, 0.25) is 0 Å². The number of pyridine rings is 2. The number of oxime groups is 1. The zero-order valence-corrected chi connectivity index (χ0v) is 20.4. The number of hydrogen-bond donors (Lipinski definition) is 2. The molecule has 3 N–H and O–H groups in total. The lowest BCUT2D eigenvalue weighted by Gasteiger charge is -2.19. The molecule has 0 fully saturated rings. The zero-order valence-electron chi connectivity index (χ0n) is 18.8. The highest BCUT2D eigenvalue weighted by Crippen LogP contribution is 2.27. The van der Waals surface area contributed by atoms with Gasteiger partial charge >= 0.3 is 0 Å². The second kappa shape index (κ2) is 9.76. The SMILES string of the molecule is CCON=C(c1ccc(N)nc1)c1ncc(Cl)cc1NS(=O)(=O)c1ccc(C(C)(C)C)cc1. The number of sulfonamides is 1. The van der Waals surface area contributed by atoms with Crippen LogP contribution in [0.3, 0.4) is 0 Å². The van der Waals surface area contributed by atoms with Crippen LogP contribution in [-0.2, 0) is 20.3 Å². The Hall–Kier alpha value is -3.17. The van der Waals surface area contributed by atoms with E-state index in [0.717, 1.165) is 5.56 Å². The van der Waals surface area contributed by atoms with Gasteiger partial charge in [-0.3, -0.25) is 9.71 Å². The van der Waals surface area contributed by atoms with Crippen LogP contribution in [0.1, 0.15) is 44.5 Å². The Bertz CT molecular complexity index is 1250. The Kier molecular flexibility index (Phi) is 7.24. The van der Waals surface area contributed by atoms with Gasteiger partial charge in [0.05, 0.1) is 15.6 Å². The molecule has 0 aliphatic carbocycles. The average Bonchev–Trinajstić information content (AvgIpc) is 2.75. The molecule has 3 aromatic rings. The predicted octanol–water partition coefficient (Wildman–Crippen LogP) is 4.60. The summed E-state index contributed by atoms with van der Waals surface area (Å²) in [5, 5.41) is 4.39. The van der Waals surface area contributed by atoms with Crippen molar-refractivity contribution < 1.29 is 13.3 Å². The minimum Gasteiger partial charge on any atom is -0.396 e. The molecule has 0 spiro atoms. The van der Waals surface area contributed by atoms with Crippen LogP contribution in [0, 0.1) is 0 Å². The van der Waals surface area contributed by atoms with Gasteiger partial charge in [-0.2, -0.15) is 0 Å². The summed E-state index contributed by atoms with van der Waals surface area (Å²) in [7, 11) is -3.94. The molecule has 174 valence electrons. The van der Waals surface area contributed by atoms with E-state index >= 15 is 0 Å². The molecule has 0 aliphatic heterocycles. The molecule has 0 atom stereocenters. The van der Waals surface area contributed by atoms with Crippen molar-refractivity contribution in [1.29, 1.82) is 0 Å². The topological polar surface area (TPSA) is 120 Å². The number of aromatic nitrogens is 2. The Balaban J connectivity index is 2.05. The van der Waals surface area contributed by atoms with Crippen molar-refractivity contribution in [2.24, 2.45) is 5.16 Å². The smallest absolute Gasteiger partial charge is 0.261 e. The van der Waals surface area contributed by atoms with Gasteiger partial charge in [0, 0.05) is 18.0 Å². The number of nitrogens with one attached hydrogen (secondary N) is 1. The van der Waals surface area contributed by atoms with E-state index in [1.807, 2.05) is 0 Å². The van der Waals surface area contributed by atoms with Crippen molar-refractivity contribution in [3.8, 4) is 0 Å². The molecule has 0 bridgehead atoms. The van der Waals surface area contributed by atoms with Crippen LogP contribution in [0.2, 0.25) is 5.02 Å². The number of rotatable bonds is 7. The minimum absolute atomic E-state index is 0.0997. The van der Waals surface area contributed by atoms with Gasteiger partial charge in [-0.25, -0.2) is 13.4 Å². The average molecular weight is 488 g/mol. The van der Waals surface area contributed by atoms with Crippen LogP contribution in [0.25, 0.3) is 0 Å². The van der Waals surface area contributed by atoms with E-state index in [2.05, 4.69) is 40.6 Å². The summed E-state index contributed by atoms with van der Waals surface area (Å²) in [4.78, 5) is 13.8. The van der Waals surface area contributed by atoms with Gasteiger partial charge < -0.3 is 10.6 Å². The van der Waals surface area contributed by atoms with Crippen LogP contribution in [0.15, 0.2) is 64.9 Å². The summed E-state index contributed by atoms with van der Waals surface area (Å²) < 4.78 is 28.9. The zero-order chi connectivity index (χ0) is 24.2. The van der Waals surface area contributed by atoms with Crippen LogP contribution >= 0.6 is 11.6 Å². The molecule has 3 rings (SSSR count). The molecule has 0 amide bonds. The number of nitrogens with two attached hydrogens (primary N) is 1. The van der Waals surface area contributed by atoms with Crippen molar-refractivity contribution >= 4 is 38.8 Å². The Labute approximate surface area is 198 Å². The van der Waals surface area contributed by atoms with Gasteiger partial charge in [0.15, 0.2) is 0 Å². The highest BCUT2D eigenvalue weighted by molar-refractivity contribution is 7.92. The Morgan fingerprint density at radius 3 is 2.39 bits per heavy atom. The first-order valence-corrected chi connectivity index (χ1v) is 12.1. The number of nitrogens with zero attached hydrogens (tertiary/aromatic N) is 3. The lowest BCUT2D eigenvalue weighted by Crippen LogP contribution is -2.18. The highest BCUT2D eigenvalue weighted by atomic mass is 35.5. The number of hydrogen-bond acceptors (Lipinski definition) is 7. The first-order valence-electron chi connectivity index (χ1n) is 10.2. The molecule has 0 unspecified atom stereocenters. The molecular formula is C23H26ClN5O3S. The van der Waals surface area contributed by atoms with Crippen LogP contribution in [0.5, 0.6) is 0 Å². The van der Waals surface area contributed by atoms with Gasteiger partial charge in [0.1, 0.15) is 23.8 Å². The standard InChI is InChI=1S/C23H26ClN5O3S/c1-5-32-28-21(15-6-11-20(25)26-13-15)22-19(12-17(24)14-27-22)29-33(30,31)18-9-7-16(8-10-18)23(2,3)4/h6-14,29H,5H2,1-4H3,(H2,25,26). The van der Waals surface area contributed by atoms with E-state index in [1.165, 1.54) is 18.5 Å². The normalized spacial score (nSPS) is 12.5. The first-order chi connectivity index (χ1) is 15.5. The molecule has 33 heavy (non-hydrogen) atoms. The summed E-state index contributed by atoms with van der Waals surface area (Å²) in [6.45, 7) is 8.26. The molecule has 1 aromatic carbocycles. The third-order valence-corrected chi connectivity index (χ3v) is 6.29. The third kappa shape index (κ3) is 6.00. The predicted molar refractivity (Wildman–Crippen MR) is 131 cm³/mol. The molecule has 10 heteroatoms. The molecule has 0 aliphatic rings. The third-order valence-electron chi connectivity index (χ3n) is 4.70. The van der Waals surface area contributed by atoms with Crippen LogP contribution in [0.4, 0.5) is 11.5 Å². The molecule has 2 heterocycles. The molecule has 0 radical (unpaired) electrons. The first kappa shape index (κ1) is 24.5. The van der Waals surface area contributed by atoms with Crippen LogP contribution < -0.4 is 10.5 Å². The van der Waals surface area contributed by atoms with Crippen molar-refractivity contribution in [2.75, 3.05) is 17.1 Å². The molecular weight excluding hydrogens is 462 g/mol. The van der Waals surface area contributed by atoms with E-state index in [9.17, 15) is 8.42 Å². The van der Waals surface area contributed by atoms with Crippen molar-refractivity contribution in [1.82, 2.24) is 9.97 Å². The van der Waals surface area contributed by atoms with E-state index in [1.54, 1.807) is 43.3 Å². The number of halogens is 1. The van der Waals surface area contributed by atoms with Crippen LogP contribution in [-0.4, -0.2) is 30.7 Å². The molecule has 2 aromatic heterocycles. The quantitative estimate of drug-likeness (QED) is 0.371. The summed E-state index contributed by atoms with van der Waals surface area (Å²) >= 11 is 6.14. The number of nitrogen functional groups attached to an aromatic ring is 1. The summed E-state index contributed by atoms with van der Waals surface area (Å²) in [5.74, 6) is 0.332. The lowest BCUT2D eigenvalue weighted by molar-refractivity contribution is 0.159. The highest BCUT2D eigenvalue weighted by Gasteiger charge is 2.22. The van der Waals surface area contributed by atoms with Crippen molar-refractivity contribution in [3.63, 3.8) is 0 Å². The van der Waals surface area contributed by atoms with E-state index in [-0.39, 0.29) is 32.4 Å². The monoisotopic (exact) mass is 487 g/mol. The maximum absolute atomic E-state index is 13.2. The summed E-state index contributed by atoms with van der Waals surface area (Å²) in [5.41, 5.74) is 7.82. The fourth-order valence-electron chi connectivity index (χ4n) is 2.95. The second-order valence-corrected chi connectivity index (χ2v) is 10.4. The molecule has 0 saturated carbocycles. The number of anilines is 2. The fraction of sp³-hybridized carbons (Fsp3) is 0.261. The Morgan fingerprint density at radius 1 is 1.12 bits per heavy atom. The van der Waals surface area contributed by atoms with Gasteiger partial charge in [-0.1, -0.05) is 49.7 Å². The van der Waals surface area contributed by atoms with E-state index < -0.39 is 10.0 Å². The Morgan fingerprint density at radius 2 is 1.82 bits per heavy atom. The minimum atomic E-state index is -3.94. The van der Waals surface area contributed by atoms with E-state index in [4.69, 9.17) is 22.2 Å². The number of benzene rings is 1. The summed E-state index contributed by atoms with van der Waals surface area (Å²) in [6.07, 6.45) is 2.91. The van der Waals surface area contributed by atoms with Gasteiger partial charge in [0.25, 0.3) is 10.0 Å². The van der Waals surface area contributed by atoms with Crippen molar-refractivity contribution in [3.05, 3.63) is 76.7 Å². The maximum atomic E-state index is 13.2. The molecule has 8 nitrogen and oxygen atoms in total. The maximum Gasteiger partial charge on any atom is 0.261 e. The van der Waals surface area contributed by atoms with Crippen molar-refractivity contribution in [2.45, 2.75) is 38.0 Å². The second-order valence-electron chi connectivity index (χ2n) is 8.26. The lowest BCUT2D eigenvalue weighted by atomic mass is 9.87. The van der Waals surface area contributed by atoms with Gasteiger partial charge in [-0.15, -0.1) is 0 Å². The fourth-order valence-corrected chi connectivity index (χ4v) is 4.17. The summed E-state index contributed by atoms with van der Waals surface area (Å²) in [6, 6.07) is 11.5. The molecule has 0 saturated heterocycles.